The molecule has 0 bridgehead atoms. The van der Waals surface area contributed by atoms with E-state index in [4.69, 9.17) is 10.5 Å². The lowest BCUT2D eigenvalue weighted by molar-refractivity contribution is -0.113. The van der Waals surface area contributed by atoms with Crippen LogP contribution in [0.1, 0.15) is 35.7 Å². The maximum Gasteiger partial charge on any atom is 0.141 e. The number of ether oxygens (including phenoxy) is 1. The van der Waals surface area contributed by atoms with Crippen molar-refractivity contribution in [1.82, 2.24) is 4.90 Å². The van der Waals surface area contributed by atoms with E-state index in [0.717, 1.165) is 34.4 Å². The van der Waals surface area contributed by atoms with E-state index in [0.29, 0.717) is 6.54 Å². The Kier molecular flexibility index (Phi) is 3.86. The zero-order chi connectivity index (χ0) is 15.7. The van der Waals surface area contributed by atoms with E-state index < -0.39 is 0 Å². The number of fused-ring (bicyclic) bond motifs is 1. The smallest absolute Gasteiger partial charge is 0.141 e. The van der Waals surface area contributed by atoms with E-state index >= 15 is 0 Å². The molecule has 3 rings (SSSR count). The maximum absolute atomic E-state index is 11.6. The molecule has 2 aromatic carbocycles. The van der Waals surface area contributed by atoms with Gasteiger partial charge >= 0.3 is 0 Å². The molecular weight excluding hydrogens is 276 g/mol. The van der Waals surface area contributed by atoms with Gasteiger partial charge in [0.15, 0.2) is 0 Å². The van der Waals surface area contributed by atoms with Gasteiger partial charge in [-0.15, -0.1) is 0 Å². The van der Waals surface area contributed by atoms with E-state index in [1.54, 1.807) is 7.11 Å². The third-order valence-corrected chi connectivity index (χ3v) is 4.39. The molecule has 0 amide bonds. The van der Waals surface area contributed by atoms with Crippen molar-refractivity contribution in [3.8, 4) is 5.75 Å². The molecule has 22 heavy (non-hydrogen) atoms. The highest BCUT2D eigenvalue weighted by Gasteiger charge is 2.35. The molecule has 2 atom stereocenters. The van der Waals surface area contributed by atoms with Crippen molar-refractivity contribution >= 4 is 12.0 Å². The Morgan fingerprint density at radius 3 is 2.55 bits per heavy atom. The van der Waals surface area contributed by atoms with Gasteiger partial charge in [-0.3, -0.25) is 4.90 Å². The fourth-order valence-electron chi connectivity index (χ4n) is 3.15. The van der Waals surface area contributed by atoms with Crippen LogP contribution >= 0.6 is 0 Å². The summed E-state index contributed by atoms with van der Waals surface area (Å²) >= 11 is 0. The molecule has 2 unspecified atom stereocenters. The maximum atomic E-state index is 11.6. The third-order valence-electron chi connectivity index (χ3n) is 4.39. The molecule has 114 valence electrons. The summed E-state index contributed by atoms with van der Waals surface area (Å²) in [6, 6.07) is 13.7. The number of rotatable bonds is 4. The highest BCUT2D eigenvalue weighted by Crippen LogP contribution is 2.42. The number of benzene rings is 2. The van der Waals surface area contributed by atoms with Crippen LogP contribution in [0.15, 0.2) is 42.5 Å². The lowest BCUT2D eigenvalue weighted by atomic mass is 10.0. The summed E-state index contributed by atoms with van der Waals surface area (Å²) in [6.45, 7) is 2.83. The highest BCUT2D eigenvalue weighted by molar-refractivity contribution is 5.66. The Morgan fingerprint density at radius 2 is 1.91 bits per heavy atom. The normalized spacial score (nSPS) is 20.6. The second kappa shape index (κ2) is 5.81. The van der Waals surface area contributed by atoms with Crippen LogP contribution in [0, 0.1) is 0 Å². The van der Waals surface area contributed by atoms with E-state index in [9.17, 15) is 4.79 Å². The van der Waals surface area contributed by atoms with Crippen LogP contribution in [0.25, 0.3) is 0 Å². The van der Waals surface area contributed by atoms with Crippen LogP contribution < -0.4 is 10.5 Å². The lowest BCUT2D eigenvalue weighted by Crippen LogP contribution is -2.25. The van der Waals surface area contributed by atoms with Gasteiger partial charge in [0, 0.05) is 18.3 Å². The molecule has 2 N–H and O–H groups in total. The number of carbonyl (C=O) groups excluding carboxylic acids is 1. The quantitative estimate of drug-likeness (QED) is 0.696. The number of aldehydes is 1. The monoisotopic (exact) mass is 296 g/mol. The minimum atomic E-state index is -0.215. The minimum absolute atomic E-state index is 0.163. The largest absolute Gasteiger partial charge is 0.497 e. The van der Waals surface area contributed by atoms with Gasteiger partial charge in [-0.2, -0.15) is 0 Å². The number of hydrogen-bond donors (Lipinski definition) is 1. The fraction of sp³-hybridized carbons (Fsp3) is 0.278. The third kappa shape index (κ3) is 2.46. The highest BCUT2D eigenvalue weighted by atomic mass is 16.5. The molecule has 0 spiro atoms. The first-order valence-corrected chi connectivity index (χ1v) is 7.37. The second-order valence-corrected chi connectivity index (χ2v) is 5.67. The minimum Gasteiger partial charge on any atom is -0.497 e. The summed E-state index contributed by atoms with van der Waals surface area (Å²) < 4.78 is 5.18. The molecule has 0 saturated heterocycles. The Morgan fingerprint density at radius 1 is 1.18 bits per heavy atom. The number of methoxy groups -OCH3 is 1. The van der Waals surface area contributed by atoms with Gasteiger partial charge in [0.2, 0.25) is 0 Å². The van der Waals surface area contributed by atoms with Gasteiger partial charge in [0.25, 0.3) is 0 Å². The molecule has 0 aliphatic carbocycles. The number of carbonyl (C=O) groups is 1. The van der Waals surface area contributed by atoms with Crippen LogP contribution in [-0.4, -0.2) is 18.3 Å². The first kappa shape index (κ1) is 14.6. The SMILES string of the molecule is COc1ccc(CN2C(C)c3cc(N)ccc3C2C=O)cc1. The van der Waals surface area contributed by atoms with Crippen molar-refractivity contribution in [1.29, 1.82) is 0 Å². The molecule has 4 nitrogen and oxygen atoms in total. The van der Waals surface area contributed by atoms with Crippen LogP contribution in [0.3, 0.4) is 0 Å². The van der Waals surface area contributed by atoms with Gasteiger partial charge in [-0.1, -0.05) is 18.2 Å². The predicted molar refractivity (Wildman–Crippen MR) is 86.6 cm³/mol. The molecule has 0 radical (unpaired) electrons. The topological polar surface area (TPSA) is 55.6 Å². The number of nitrogens with zero attached hydrogens (tertiary/aromatic N) is 1. The van der Waals surface area contributed by atoms with Crippen LogP contribution in [-0.2, 0) is 11.3 Å². The Balaban J connectivity index is 1.88. The molecule has 0 fully saturated rings. The molecule has 0 saturated carbocycles. The summed E-state index contributed by atoms with van der Waals surface area (Å²) in [4.78, 5) is 13.8. The number of anilines is 1. The van der Waals surface area contributed by atoms with Gasteiger partial charge in [-0.25, -0.2) is 0 Å². The van der Waals surface area contributed by atoms with Crippen LogP contribution in [0.4, 0.5) is 5.69 Å². The number of hydrogen-bond acceptors (Lipinski definition) is 4. The standard InChI is InChI=1S/C18H20N2O2/c1-12-17-9-14(19)5-8-16(17)18(11-21)20(12)10-13-3-6-15(22-2)7-4-13/h3-9,11-12,18H,10,19H2,1-2H3. The first-order chi connectivity index (χ1) is 10.6. The van der Waals surface area contributed by atoms with Gasteiger partial charge in [-0.05, 0) is 47.9 Å². The Bertz CT molecular complexity index is 682. The average molecular weight is 296 g/mol. The van der Waals surface area contributed by atoms with Gasteiger partial charge in [0.05, 0.1) is 13.2 Å². The summed E-state index contributed by atoms with van der Waals surface area (Å²) in [6.07, 6.45) is 1.02. The Labute approximate surface area is 130 Å². The van der Waals surface area contributed by atoms with E-state index in [1.807, 2.05) is 42.5 Å². The molecule has 1 heterocycles. The van der Waals surface area contributed by atoms with Crippen molar-refractivity contribution in [2.75, 3.05) is 12.8 Å². The zero-order valence-electron chi connectivity index (χ0n) is 12.8. The number of nitrogen functional groups attached to an aromatic ring is 1. The molecule has 4 heteroatoms. The predicted octanol–water partition coefficient (Wildman–Crippen LogP) is 3.09. The Hall–Kier alpha value is -2.33. The van der Waals surface area contributed by atoms with Crippen molar-refractivity contribution in [2.24, 2.45) is 0 Å². The molecule has 1 aliphatic rings. The lowest BCUT2D eigenvalue weighted by Gasteiger charge is -2.25. The number of nitrogens with two attached hydrogens (primary N) is 1. The van der Waals surface area contributed by atoms with E-state index in [1.165, 1.54) is 0 Å². The van der Waals surface area contributed by atoms with Crippen molar-refractivity contribution < 1.29 is 9.53 Å². The second-order valence-electron chi connectivity index (χ2n) is 5.67. The summed E-state index contributed by atoms with van der Waals surface area (Å²) in [7, 11) is 1.65. The molecule has 1 aliphatic heterocycles. The molecular formula is C18H20N2O2. The summed E-state index contributed by atoms with van der Waals surface area (Å²) in [5.41, 5.74) is 9.98. The van der Waals surface area contributed by atoms with Crippen molar-refractivity contribution in [3.63, 3.8) is 0 Å². The van der Waals surface area contributed by atoms with E-state index in [-0.39, 0.29) is 12.1 Å². The van der Waals surface area contributed by atoms with Crippen molar-refractivity contribution in [2.45, 2.75) is 25.6 Å². The zero-order valence-corrected chi connectivity index (χ0v) is 12.8. The van der Waals surface area contributed by atoms with Crippen LogP contribution in [0.5, 0.6) is 5.75 Å². The first-order valence-electron chi connectivity index (χ1n) is 7.37. The molecule has 2 aromatic rings. The van der Waals surface area contributed by atoms with Crippen LogP contribution in [0.2, 0.25) is 0 Å². The van der Waals surface area contributed by atoms with Gasteiger partial charge in [0.1, 0.15) is 12.0 Å². The summed E-state index contributed by atoms with van der Waals surface area (Å²) in [5, 5.41) is 0. The van der Waals surface area contributed by atoms with E-state index in [2.05, 4.69) is 11.8 Å². The average Bonchev–Trinajstić information content (AvgIpc) is 2.80. The van der Waals surface area contributed by atoms with Crippen molar-refractivity contribution in [3.05, 3.63) is 59.2 Å². The fourth-order valence-corrected chi connectivity index (χ4v) is 3.15. The van der Waals surface area contributed by atoms with Gasteiger partial charge < -0.3 is 15.3 Å². The summed E-state index contributed by atoms with van der Waals surface area (Å²) in [5.74, 6) is 0.834. The molecule has 0 aromatic heterocycles.